The highest BCUT2D eigenvalue weighted by molar-refractivity contribution is 7.81. The van der Waals surface area contributed by atoms with E-state index in [1.165, 1.54) is 17.0 Å². The Hall–Kier alpha value is -3.52. The fourth-order valence-electron chi connectivity index (χ4n) is 4.05. The number of hydrogen-bond acceptors (Lipinski definition) is 4. The van der Waals surface area contributed by atoms with E-state index in [0.29, 0.717) is 36.7 Å². The molecule has 4 rings (SSSR count). The van der Waals surface area contributed by atoms with Crippen LogP contribution in [0.3, 0.4) is 0 Å². The van der Waals surface area contributed by atoms with Crippen LogP contribution in [-0.2, 0) is 11.0 Å². The Labute approximate surface area is 192 Å². The van der Waals surface area contributed by atoms with Gasteiger partial charge >= 0.3 is 6.18 Å². The predicted octanol–water partition coefficient (Wildman–Crippen LogP) is 5.80. The molecule has 170 valence electrons. The number of halogens is 4. The number of amides is 1. The molecule has 0 atom stereocenters. The molecule has 6 nitrogen and oxygen atoms in total. The third-order valence-corrected chi connectivity index (χ3v) is 6.04. The Morgan fingerprint density at radius 2 is 2.00 bits per heavy atom. The lowest BCUT2D eigenvalue weighted by atomic mass is 9.75. The quantitative estimate of drug-likeness (QED) is 0.344. The van der Waals surface area contributed by atoms with Gasteiger partial charge in [-0.2, -0.15) is 13.2 Å². The molecule has 2 aromatic rings. The van der Waals surface area contributed by atoms with Crippen molar-refractivity contribution in [2.45, 2.75) is 37.9 Å². The van der Waals surface area contributed by atoms with Gasteiger partial charge in [-0.3, -0.25) is 9.69 Å². The van der Waals surface area contributed by atoms with E-state index < -0.39 is 34.8 Å². The van der Waals surface area contributed by atoms with E-state index in [4.69, 9.17) is 18.8 Å². The summed E-state index contributed by atoms with van der Waals surface area (Å²) in [5.74, 6) is -1.92. The standard InChI is InChI=1S/C22H17F4N5OS/c1-12(2)29-17-6-5-13(10-16(17)23)31-20(33)30(19(32)21(31)7-4-8-21)14-9-15(22(24,25)26)18(27-3)28-11-14/h5-6,9-11,29H,1,4,7-8H2,2H3. The first kappa shape index (κ1) is 22.7. The zero-order chi connectivity index (χ0) is 24.1. The minimum atomic E-state index is -4.84. The second-order valence-electron chi connectivity index (χ2n) is 7.89. The molecule has 0 bridgehead atoms. The van der Waals surface area contributed by atoms with Crippen molar-refractivity contribution in [3.05, 3.63) is 65.5 Å². The van der Waals surface area contributed by atoms with Gasteiger partial charge in [0.15, 0.2) is 5.11 Å². The van der Waals surface area contributed by atoms with Crippen molar-refractivity contribution in [1.82, 2.24) is 4.98 Å². The zero-order valence-corrected chi connectivity index (χ0v) is 18.1. The topological polar surface area (TPSA) is 52.8 Å². The molecule has 2 fully saturated rings. The summed E-state index contributed by atoms with van der Waals surface area (Å²) >= 11 is 5.51. The van der Waals surface area contributed by atoms with E-state index in [-0.39, 0.29) is 16.5 Å². The second-order valence-corrected chi connectivity index (χ2v) is 8.25. The first-order chi connectivity index (χ1) is 15.5. The third-order valence-electron chi connectivity index (χ3n) is 5.67. The van der Waals surface area contributed by atoms with Crippen LogP contribution in [0, 0.1) is 12.4 Å². The van der Waals surface area contributed by atoms with Crippen LogP contribution in [0.25, 0.3) is 4.85 Å². The van der Waals surface area contributed by atoms with Crippen molar-refractivity contribution in [3.8, 4) is 0 Å². The van der Waals surface area contributed by atoms with Crippen molar-refractivity contribution in [3.63, 3.8) is 0 Å². The molecule has 1 N–H and O–H groups in total. The molecule has 1 saturated carbocycles. The molecule has 1 amide bonds. The van der Waals surface area contributed by atoms with Gasteiger partial charge < -0.3 is 15.1 Å². The van der Waals surface area contributed by atoms with Gasteiger partial charge in [0.1, 0.15) is 17.6 Å². The predicted molar refractivity (Wildman–Crippen MR) is 119 cm³/mol. The summed E-state index contributed by atoms with van der Waals surface area (Å²) in [6, 6.07) is 4.98. The minimum Gasteiger partial charge on any atom is -0.360 e. The first-order valence-electron chi connectivity index (χ1n) is 9.85. The number of benzene rings is 1. The molecule has 1 spiro atoms. The number of anilines is 3. The van der Waals surface area contributed by atoms with Crippen molar-refractivity contribution < 1.29 is 22.4 Å². The largest absolute Gasteiger partial charge is 0.409 e. The van der Waals surface area contributed by atoms with Crippen LogP contribution in [0.2, 0.25) is 0 Å². The van der Waals surface area contributed by atoms with E-state index in [1.54, 1.807) is 13.0 Å². The number of alkyl halides is 3. The van der Waals surface area contributed by atoms with Crippen LogP contribution in [0.4, 0.5) is 40.4 Å². The first-order valence-corrected chi connectivity index (χ1v) is 10.3. The van der Waals surface area contributed by atoms with E-state index in [1.807, 2.05) is 0 Å². The smallest absolute Gasteiger partial charge is 0.360 e. The number of nitrogens with one attached hydrogen (secondary N) is 1. The summed E-state index contributed by atoms with van der Waals surface area (Å²) in [6.07, 6.45) is -2.29. The number of aromatic nitrogens is 1. The molecule has 11 heteroatoms. The van der Waals surface area contributed by atoms with Crippen molar-refractivity contribution in [2.75, 3.05) is 15.1 Å². The monoisotopic (exact) mass is 475 g/mol. The third kappa shape index (κ3) is 3.60. The molecule has 1 aliphatic carbocycles. The number of thiocarbonyl (C=S) groups is 1. The highest BCUT2D eigenvalue weighted by atomic mass is 32.1. The van der Waals surface area contributed by atoms with Gasteiger partial charge in [0, 0.05) is 11.4 Å². The summed E-state index contributed by atoms with van der Waals surface area (Å²) in [4.78, 5) is 22.3. The van der Waals surface area contributed by atoms with Crippen LogP contribution in [0.1, 0.15) is 31.7 Å². The van der Waals surface area contributed by atoms with E-state index in [9.17, 15) is 22.4 Å². The summed E-state index contributed by atoms with van der Waals surface area (Å²) in [7, 11) is 0. The van der Waals surface area contributed by atoms with Crippen LogP contribution < -0.4 is 15.1 Å². The van der Waals surface area contributed by atoms with Gasteiger partial charge in [-0.05, 0) is 62.7 Å². The normalized spacial score (nSPS) is 17.2. The van der Waals surface area contributed by atoms with Crippen LogP contribution >= 0.6 is 12.2 Å². The summed E-state index contributed by atoms with van der Waals surface area (Å²) in [5, 5.41) is 2.71. The molecular weight excluding hydrogens is 458 g/mol. The Morgan fingerprint density at radius 3 is 2.52 bits per heavy atom. The van der Waals surface area contributed by atoms with Crippen LogP contribution in [0.5, 0.6) is 0 Å². The van der Waals surface area contributed by atoms with Gasteiger partial charge in [0.05, 0.1) is 16.9 Å². The van der Waals surface area contributed by atoms with Gasteiger partial charge in [-0.1, -0.05) is 13.2 Å². The average molecular weight is 475 g/mol. The second kappa shape index (κ2) is 7.81. The van der Waals surface area contributed by atoms with Gasteiger partial charge in [-0.15, -0.1) is 4.98 Å². The van der Waals surface area contributed by atoms with Crippen LogP contribution in [0.15, 0.2) is 42.7 Å². The van der Waals surface area contributed by atoms with Crippen molar-refractivity contribution in [2.24, 2.45) is 0 Å². The maximum atomic E-state index is 14.7. The maximum Gasteiger partial charge on any atom is 0.409 e. The van der Waals surface area contributed by atoms with Crippen molar-refractivity contribution >= 4 is 46.1 Å². The number of hydrogen-bond donors (Lipinski definition) is 1. The van der Waals surface area contributed by atoms with Gasteiger partial charge in [0.25, 0.3) is 11.7 Å². The Morgan fingerprint density at radius 1 is 1.30 bits per heavy atom. The molecule has 0 unspecified atom stereocenters. The van der Waals surface area contributed by atoms with Crippen LogP contribution in [-0.4, -0.2) is 21.5 Å². The number of nitrogens with zero attached hydrogens (tertiary/aromatic N) is 4. The summed E-state index contributed by atoms with van der Waals surface area (Å²) in [5.41, 5.74) is -1.53. The molecule has 1 saturated heterocycles. The lowest BCUT2D eigenvalue weighted by molar-refractivity contribution is -0.137. The molecule has 33 heavy (non-hydrogen) atoms. The average Bonchev–Trinajstić information content (AvgIpc) is 2.95. The van der Waals surface area contributed by atoms with E-state index in [2.05, 4.69) is 21.7 Å². The minimum absolute atomic E-state index is 0.0785. The van der Waals surface area contributed by atoms with Gasteiger partial charge in [0.2, 0.25) is 0 Å². The summed E-state index contributed by atoms with van der Waals surface area (Å²) < 4.78 is 55.1. The fourth-order valence-corrected chi connectivity index (χ4v) is 4.52. The fraction of sp³-hybridized carbons (Fsp3) is 0.273. The number of carbonyl (C=O) groups is 1. The van der Waals surface area contributed by atoms with Gasteiger partial charge in [-0.25, -0.2) is 4.39 Å². The molecule has 2 heterocycles. The Kier molecular flexibility index (Phi) is 5.36. The Bertz CT molecular complexity index is 1230. The number of rotatable bonds is 4. The summed E-state index contributed by atoms with van der Waals surface area (Å²) in [6.45, 7) is 12.3. The molecule has 0 radical (unpaired) electrons. The highest BCUT2D eigenvalue weighted by Crippen LogP contribution is 2.48. The lowest BCUT2D eigenvalue weighted by Gasteiger charge is -2.43. The number of allylic oxidation sites excluding steroid dienone is 1. The van der Waals surface area contributed by atoms with E-state index in [0.717, 1.165) is 11.1 Å². The van der Waals surface area contributed by atoms with Crippen molar-refractivity contribution in [1.29, 1.82) is 0 Å². The SMILES string of the molecule is [C-]#[N+]c1ncc(N2C(=O)C3(CCC3)N(c3ccc(NC(=C)C)c(F)c3)C2=S)cc1C(F)(F)F. The molecule has 1 aromatic carbocycles. The lowest BCUT2D eigenvalue weighted by Crippen LogP contribution is -2.55. The molecule has 2 aliphatic rings. The number of pyridine rings is 1. The molecular formula is C22H17F4N5OS. The highest BCUT2D eigenvalue weighted by Gasteiger charge is 2.60. The molecule has 1 aliphatic heterocycles. The Balaban J connectivity index is 1.79. The van der Waals surface area contributed by atoms with E-state index >= 15 is 0 Å². The molecule has 1 aromatic heterocycles. The zero-order valence-electron chi connectivity index (χ0n) is 17.3. The number of carbonyl (C=O) groups excluding carboxylic acids is 1. The maximum absolute atomic E-state index is 14.7.